The van der Waals surface area contributed by atoms with Crippen molar-refractivity contribution < 1.29 is 0 Å². The maximum atomic E-state index is 4.01. The molecule has 0 amide bonds. The highest BCUT2D eigenvalue weighted by Crippen LogP contribution is 2.50. The monoisotopic (exact) mass is 209 g/mol. The lowest BCUT2D eigenvalue weighted by molar-refractivity contribution is 0.0794. The van der Waals surface area contributed by atoms with E-state index in [2.05, 4.69) is 59.1 Å². The number of hydrogen-bond acceptors (Lipinski definition) is 1. The SMILES string of the molecule is C=CC(C(C)C)N(C(C)C)C1(C)CC1C. The van der Waals surface area contributed by atoms with Crippen LogP contribution in [-0.2, 0) is 0 Å². The third-order valence-corrected chi connectivity index (χ3v) is 4.01. The van der Waals surface area contributed by atoms with Gasteiger partial charge in [0.25, 0.3) is 0 Å². The lowest BCUT2D eigenvalue weighted by Gasteiger charge is -2.41. The average Bonchev–Trinajstić information content (AvgIpc) is 2.69. The Labute approximate surface area is 95.5 Å². The van der Waals surface area contributed by atoms with E-state index in [1.165, 1.54) is 6.42 Å². The Balaban J connectivity index is 2.87. The quantitative estimate of drug-likeness (QED) is 0.624. The molecule has 0 spiro atoms. The van der Waals surface area contributed by atoms with Crippen molar-refractivity contribution >= 4 is 0 Å². The predicted octanol–water partition coefficient (Wildman–Crippen LogP) is 3.71. The summed E-state index contributed by atoms with van der Waals surface area (Å²) in [6, 6.07) is 1.12. The second kappa shape index (κ2) is 4.29. The molecule has 1 aliphatic carbocycles. The summed E-state index contributed by atoms with van der Waals surface area (Å²) in [7, 11) is 0. The van der Waals surface area contributed by atoms with Crippen LogP contribution in [0.4, 0.5) is 0 Å². The summed E-state index contributed by atoms with van der Waals surface area (Å²) >= 11 is 0. The molecule has 1 heteroatoms. The molecule has 0 aromatic carbocycles. The molecule has 88 valence electrons. The summed E-state index contributed by atoms with van der Waals surface area (Å²) in [4.78, 5) is 2.66. The second-order valence-electron chi connectivity index (χ2n) is 5.93. The second-order valence-corrected chi connectivity index (χ2v) is 5.93. The van der Waals surface area contributed by atoms with Gasteiger partial charge in [0.1, 0.15) is 0 Å². The van der Waals surface area contributed by atoms with E-state index in [0.29, 0.717) is 23.5 Å². The Bertz CT molecular complexity index is 231. The smallest absolute Gasteiger partial charge is 0.0306 e. The Hall–Kier alpha value is -0.300. The van der Waals surface area contributed by atoms with Crippen LogP contribution in [0.5, 0.6) is 0 Å². The minimum atomic E-state index is 0.414. The fourth-order valence-electron chi connectivity index (χ4n) is 2.90. The van der Waals surface area contributed by atoms with Crippen LogP contribution in [0, 0.1) is 11.8 Å². The van der Waals surface area contributed by atoms with Crippen LogP contribution < -0.4 is 0 Å². The molecule has 15 heavy (non-hydrogen) atoms. The van der Waals surface area contributed by atoms with E-state index < -0.39 is 0 Å². The third kappa shape index (κ3) is 2.28. The molecular weight excluding hydrogens is 182 g/mol. The van der Waals surface area contributed by atoms with Crippen molar-refractivity contribution in [3.05, 3.63) is 12.7 Å². The van der Waals surface area contributed by atoms with Crippen molar-refractivity contribution in [3.8, 4) is 0 Å². The Morgan fingerprint density at radius 2 is 1.80 bits per heavy atom. The average molecular weight is 209 g/mol. The Morgan fingerprint density at radius 3 is 2.00 bits per heavy atom. The van der Waals surface area contributed by atoms with Crippen LogP contribution in [-0.4, -0.2) is 22.5 Å². The molecule has 3 atom stereocenters. The summed E-state index contributed by atoms with van der Waals surface area (Å²) in [6.45, 7) is 17.9. The topological polar surface area (TPSA) is 3.24 Å². The number of rotatable bonds is 5. The molecule has 0 bridgehead atoms. The fraction of sp³-hybridized carbons (Fsp3) is 0.857. The number of nitrogens with zero attached hydrogens (tertiary/aromatic N) is 1. The van der Waals surface area contributed by atoms with Gasteiger partial charge in [0, 0.05) is 17.6 Å². The van der Waals surface area contributed by atoms with Crippen molar-refractivity contribution in [1.82, 2.24) is 4.90 Å². The Kier molecular flexibility index (Phi) is 3.65. The molecule has 3 unspecified atom stereocenters. The van der Waals surface area contributed by atoms with E-state index in [1.54, 1.807) is 0 Å². The van der Waals surface area contributed by atoms with Crippen molar-refractivity contribution in [3.63, 3.8) is 0 Å². The van der Waals surface area contributed by atoms with Gasteiger partial charge in [-0.25, -0.2) is 0 Å². The van der Waals surface area contributed by atoms with Crippen molar-refractivity contribution in [2.45, 2.75) is 65.6 Å². The van der Waals surface area contributed by atoms with Gasteiger partial charge in [0.05, 0.1) is 0 Å². The van der Waals surface area contributed by atoms with E-state index in [4.69, 9.17) is 0 Å². The van der Waals surface area contributed by atoms with Gasteiger partial charge < -0.3 is 0 Å². The van der Waals surface area contributed by atoms with Gasteiger partial charge in [-0.1, -0.05) is 26.8 Å². The summed E-state index contributed by atoms with van der Waals surface area (Å²) in [5.41, 5.74) is 0.414. The Morgan fingerprint density at radius 1 is 1.33 bits per heavy atom. The predicted molar refractivity (Wildman–Crippen MR) is 68.0 cm³/mol. The van der Waals surface area contributed by atoms with E-state index in [-0.39, 0.29) is 0 Å². The van der Waals surface area contributed by atoms with Crippen LogP contribution in [0.15, 0.2) is 12.7 Å². The van der Waals surface area contributed by atoms with Crippen LogP contribution in [0.1, 0.15) is 48.0 Å². The first-order valence-electron chi connectivity index (χ1n) is 6.25. The zero-order valence-electron chi connectivity index (χ0n) is 11.2. The van der Waals surface area contributed by atoms with Gasteiger partial charge in [-0.3, -0.25) is 4.90 Å². The molecule has 0 radical (unpaired) electrons. The van der Waals surface area contributed by atoms with Crippen LogP contribution >= 0.6 is 0 Å². The molecule has 1 rings (SSSR count). The van der Waals surface area contributed by atoms with Crippen molar-refractivity contribution in [1.29, 1.82) is 0 Å². The molecule has 0 aromatic heterocycles. The summed E-state index contributed by atoms with van der Waals surface area (Å²) in [6.07, 6.45) is 3.46. The van der Waals surface area contributed by atoms with E-state index >= 15 is 0 Å². The third-order valence-electron chi connectivity index (χ3n) is 4.01. The van der Waals surface area contributed by atoms with Gasteiger partial charge >= 0.3 is 0 Å². The normalized spacial score (nSPS) is 32.5. The van der Waals surface area contributed by atoms with Gasteiger partial charge in [0.2, 0.25) is 0 Å². The highest BCUT2D eigenvalue weighted by atomic mass is 15.3. The summed E-state index contributed by atoms with van der Waals surface area (Å²) in [5, 5.41) is 0. The molecular formula is C14H27N. The van der Waals surface area contributed by atoms with Crippen LogP contribution in [0.2, 0.25) is 0 Å². The van der Waals surface area contributed by atoms with Gasteiger partial charge in [-0.15, -0.1) is 6.58 Å². The highest BCUT2D eigenvalue weighted by molar-refractivity contribution is 5.11. The maximum Gasteiger partial charge on any atom is 0.0306 e. The summed E-state index contributed by atoms with van der Waals surface area (Å²) < 4.78 is 0. The minimum Gasteiger partial charge on any atom is -0.289 e. The highest BCUT2D eigenvalue weighted by Gasteiger charge is 2.53. The van der Waals surface area contributed by atoms with Crippen molar-refractivity contribution in [2.24, 2.45) is 11.8 Å². The number of hydrogen-bond donors (Lipinski definition) is 0. The van der Waals surface area contributed by atoms with E-state index in [9.17, 15) is 0 Å². The first kappa shape index (κ1) is 12.8. The molecule has 0 N–H and O–H groups in total. The molecule has 1 saturated carbocycles. The lowest BCUT2D eigenvalue weighted by atomic mass is 9.97. The first-order chi connectivity index (χ1) is 6.84. The standard InChI is InChI=1S/C14H27N/c1-8-13(10(2)3)15(11(4)5)14(7)9-12(14)6/h8,10-13H,1,9H2,2-7H3. The molecule has 1 nitrogen and oxygen atoms in total. The molecule has 1 aliphatic rings. The van der Waals surface area contributed by atoms with E-state index in [1.807, 2.05) is 0 Å². The van der Waals surface area contributed by atoms with E-state index in [0.717, 1.165) is 5.92 Å². The largest absolute Gasteiger partial charge is 0.289 e. The summed E-state index contributed by atoms with van der Waals surface area (Å²) in [5.74, 6) is 1.48. The molecule has 0 aromatic rings. The minimum absolute atomic E-state index is 0.414. The fourth-order valence-corrected chi connectivity index (χ4v) is 2.90. The van der Waals surface area contributed by atoms with Crippen LogP contribution in [0.3, 0.4) is 0 Å². The van der Waals surface area contributed by atoms with Gasteiger partial charge in [-0.05, 0) is 39.0 Å². The lowest BCUT2D eigenvalue weighted by Crippen LogP contribution is -2.49. The molecule has 0 saturated heterocycles. The first-order valence-corrected chi connectivity index (χ1v) is 6.25. The van der Waals surface area contributed by atoms with Gasteiger partial charge in [0.15, 0.2) is 0 Å². The zero-order valence-corrected chi connectivity index (χ0v) is 11.2. The van der Waals surface area contributed by atoms with Gasteiger partial charge in [-0.2, -0.15) is 0 Å². The zero-order chi connectivity index (χ0) is 11.8. The maximum absolute atomic E-state index is 4.01. The molecule has 0 aliphatic heterocycles. The van der Waals surface area contributed by atoms with Crippen LogP contribution in [0.25, 0.3) is 0 Å². The molecule has 0 heterocycles. The molecule has 1 fully saturated rings. The van der Waals surface area contributed by atoms with Crippen molar-refractivity contribution in [2.75, 3.05) is 0 Å².